The average Bonchev–Trinajstić information content (AvgIpc) is 3.15. The van der Waals surface area contributed by atoms with Crippen LogP contribution in [0.15, 0.2) is 54.6 Å². The van der Waals surface area contributed by atoms with E-state index in [4.69, 9.17) is 0 Å². The van der Waals surface area contributed by atoms with Crippen LogP contribution < -0.4 is 0 Å². The summed E-state index contributed by atoms with van der Waals surface area (Å²) in [6.45, 7) is 4.88. The third-order valence-electron chi connectivity index (χ3n) is 6.30. The van der Waals surface area contributed by atoms with E-state index >= 15 is 0 Å². The second-order valence-electron chi connectivity index (χ2n) is 8.51. The molecular weight excluding hydrogens is 420 g/mol. The van der Waals surface area contributed by atoms with E-state index in [0.29, 0.717) is 24.3 Å². The largest absolute Gasteiger partial charge is 0.478 e. The molecule has 4 rings (SSSR count). The molecule has 2 N–H and O–H groups in total. The Morgan fingerprint density at radius 1 is 0.879 bits per heavy atom. The zero-order valence-electron chi connectivity index (χ0n) is 18.6. The summed E-state index contributed by atoms with van der Waals surface area (Å²) < 4.78 is 1.84. The molecule has 0 aliphatic carbocycles. The van der Waals surface area contributed by atoms with Crippen molar-refractivity contribution in [2.24, 2.45) is 0 Å². The Morgan fingerprint density at radius 3 is 2.27 bits per heavy atom. The smallest absolute Gasteiger partial charge is 0.337 e. The van der Waals surface area contributed by atoms with Gasteiger partial charge < -0.3 is 19.7 Å². The minimum atomic E-state index is -1.05. The van der Waals surface area contributed by atoms with E-state index in [1.54, 1.807) is 35.2 Å². The van der Waals surface area contributed by atoms with Crippen molar-refractivity contribution in [3.63, 3.8) is 0 Å². The minimum Gasteiger partial charge on any atom is -0.478 e. The van der Waals surface area contributed by atoms with E-state index < -0.39 is 11.9 Å². The summed E-state index contributed by atoms with van der Waals surface area (Å²) in [5, 5.41) is 19.0. The molecule has 3 aromatic rings. The third kappa shape index (κ3) is 4.39. The van der Waals surface area contributed by atoms with Crippen LogP contribution in [-0.4, -0.2) is 50.6 Å². The van der Waals surface area contributed by atoms with Crippen molar-refractivity contribution < 1.29 is 24.6 Å². The molecule has 33 heavy (non-hydrogen) atoms. The topological polar surface area (TPSA) is 99.8 Å². The van der Waals surface area contributed by atoms with Crippen molar-refractivity contribution in [3.8, 4) is 5.69 Å². The van der Waals surface area contributed by atoms with E-state index in [-0.39, 0.29) is 23.0 Å². The summed E-state index contributed by atoms with van der Waals surface area (Å²) in [5.41, 5.74) is 3.96. The summed E-state index contributed by atoms with van der Waals surface area (Å²) >= 11 is 0. The molecule has 1 aliphatic heterocycles. The van der Waals surface area contributed by atoms with Gasteiger partial charge in [-0.2, -0.15) is 0 Å². The van der Waals surface area contributed by atoms with E-state index in [9.17, 15) is 24.6 Å². The highest BCUT2D eigenvalue weighted by Gasteiger charge is 2.27. The number of amides is 1. The fourth-order valence-electron chi connectivity index (χ4n) is 4.62. The lowest BCUT2D eigenvalue weighted by molar-refractivity contribution is 0.0686. The van der Waals surface area contributed by atoms with Crippen LogP contribution in [0.4, 0.5) is 0 Å². The molecule has 0 radical (unpaired) electrons. The van der Waals surface area contributed by atoms with Gasteiger partial charge in [0.05, 0.1) is 16.8 Å². The predicted molar refractivity (Wildman–Crippen MR) is 123 cm³/mol. The van der Waals surface area contributed by atoms with Gasteiger partial charge in [0.15, 0.2) is 0 Å². The Labute approximate surface area is 191 Å². The number of carbonyl (C=O) groups excluding carboxylic acids is 1. The number of benzene rings is 2. The number of nitrogens with zero attached hydrogens (tertiary/aromatic N) is 2. The normalized spacial score (nSPS) is 15.9. The van der Waals surface area contributed by atoms with Gasteiger partial charge in [-0.1, -0.05) is 12.1 Å². The maximum Gasteiger partial charge on any atom is 0.337 e. The highest BCUT2D eigenvalue weighted by atomic mass is 16.4. The first-order valence-electron chi connectivity index (χ1n) is 10.9. The molecule has 7 heteroatoms. The van der Waals surface area contributed by atoms with Gasteiger partial charge >= 0.3 is 11.9 Å². The van der Waals surface area contributed by atoms with Crippen LogP contribution in [0.3, 0.4) is 0 Å². The number of hydrogen-bond acceptors (Lipinski definition) is 3. The van der Waals surface area contributed by atoms with Gasteiger partial charge in [0.25, 0.3) is 5.91 Å². The second-order valence-corrected chi connectivity index (χ2v) is 8.51. The van der Waals surface area contributed by atoms with Gasteiger partial charge in [0.1, 0.15) is 0 Å². The molecule has 1 unspecified atom stereocenters. The number of carboxylic acid groups (broad SMARTS) is 2. The Kier molecular flexibility index (Phi) is 6.05. The first kappa shape index (κ1) is 22.3. The van der Waals surface area contributed by atoms with Gasteiger partial charge in [0.2, 0.25) is 0 Å². The molecular formula is C26H26N2O5. The van der Waals surface area contributed by atoms with Crippen LogP contribution in [0.5, 0.6) is 0 Å². The molecule has 1 aliphatic rings. The van der Waals surface area contributed by atoms with E-state index in [0.717, 1.165) is 29.8 Å². The number of piperidine rings is 1. The summed E-state index contributed by atoms with van der Waals surface area (Å²) in [6, 6.07) is 15.4. The summed E-state index contributed by atoms with van der Waals surface area (Å²) in [6.07, 6.45) is 1.68. The molecule has 1 atom stereocenters. The summed E-state index contributed by atoms with van der Waals surface area (Å²) in [7, 11) is 0. The molecule has 0 saturated carbocycles. The number of rotatable bonds is 5. The Hall–Kier alpha value is -3.87. The quantitative estimate of drug-likeness (QED) is 0.601. The first-order valence-corrected chi connectivity index (χ1v) is 10.9. The van der Waals surface area contributed by atoms with Crippen molar-refractivity contribution in [2.45, 2.75) is 32.6 Å². The molecule has 1 fully saturated rings. The molecule has 1 saturated heterocycles. The predicted octanol–water partition coefficient (Wildman–Crippen LogP) is 4.51. The first-order chi connectivity index (χ1) is 15.8. The second kappa shape index (κ2) is 8.94. The van der Waals surface area contributed by atoms with Crippen LogP contribution in [0, 0.1) is 13.8 Å². The lowest BCUT2D eigenvalue weighted by Gasteiger charge is -2.33. The van der Waals surface area contributed by atoms with Crippen molar-refractivity contribution in [1.29, 1.82) is 0 Å². The van der Waals surface area contributed by atoms with Gasteiger partial charge in [-0.15, -0.1) is 0 Å². The number of carboxylic acids is 2. The lowest BCUT2D eigenvalue weighted by atomic mass is 9.89. The maximum absolute atomic E-state index is 13.4. The van der Waals surface area contributed by atoms with E-state index in [2.05, 4.69) is 0 Å². The van der Waals surface area contributed by atoms with Crippen LogP contribution in [0.25, 0.3) is 5.69 Å². The molecule has 0 spiro atoms. The molecule has 170 valence electrons. The van der Waals surface area contributed by atoms with Crippen LogP contribution in [0.2, 0.25) is 0 Å². The molecule has 2 heterocycles. The van der Waals surface area contributed by atoms with E-state index in [1.165, 1.54) is 6.07 Å². The molecule has 0 bridgehead atoms. The fraction of sp³-hybridized carbons (Fsp3) is 0.269. The number of hydrogen-bond donors (Lipinski definition) is 2. The van der Waals surface area contributed by atoms with Gasteiger partial charge in [0, 0.05) is 36.0 Å². The maximum atomic E-state index is 13.4. The Bertz CT molecular complexity index is 1220. The highest BCUT2D eigenvalue weighted by Crippen LogP contribution is 2.29. The SMILES string of the molecule is Cc1ccc(C)n1-c1cc(C(=O)N2CCCC(c3cccc(C(=O)O)c3)C2)ccc1C(=O)O. The number of aromatic carboxylic acids is 2. The van der Waals surface area contributed by atoms with Crippen LogP contribution in [-0.2, 0) is 0 Å². The van der Waals surface area contributed by atoms with Gasteiger partial charge in [-0.25, -0.2) is 9.59 Å². The molecule has 7 nitrogen and oxygen atoms in total. The fourth-order valence-corrected chi connectivity index (χ4v) is 4.62. The lowest BCUT2D eigenvalue weighted by Crippen LogP contribution is -2.39. The van der Waals surface area contributed by atoms with Gasteiger partial charge in [-0.3, -0.25) is 4.79 Å². The van der Waals surface area contributed by atoms with Gasteiger partial charge in [-0.05, 0) is 74.7 Å². The number of aromatic nitrogens is 1. The minimum absolute atomic E-state index is 0.0497. The van der Waals surface area contributed by atoms with Crippen LogP contribution >= 0.6 is 0 Å². The molecule has 1 aromatic heterocycles. The van der Waals surface area contributed by atoms with E-state index in [1.807, 2.05) is 36.6 Å². The standard InChI is InChI=1S/C26H26N2O5/c1-16-8-9-17(2)28(16)23-14-19(10-11-22(23)26(32)33)24(29)27-12-4-7-21(15-27)18-5-3-6-20(13-18)25(30)31/h3,5-6,8-11,13-14,21H,4,7,12,15H2,1-2H3,(H,30,31)(H,32,33). The summed E-state index contributed by atoms with van der Waals surface area (Å²) in [5.74, 6) is -2.13. The molecule has 1 amide bonds. The van der Waals surface area contributed by atoms with Crippen molar-refractivity contribution in [2.75, 3.05) is 13.1 Å². The number of aryl methyl sites for hydroxylation is 2. The number of likely N-dealkylation sites (tertiary alicyclic amines) is 1. The zero-order chi connectivity index (χ0) is 23.7. The summed E-state index contributed by atoms with van der Waals surface area (Å²) in [4.78, 5) is 38.4. The average molecular weight is 447 g/mol. The third-order valence-corrected chi connectivity index (χ3v) is 6.30. The monoisotopic (exact) mass is 446 g/mol. The zero-order valence-corrected chi connectivity index (χ0v) is 18.6. The number of carbonyl (C=O) groups is 3. The van der Waals surface area contributed by atoms with Crippen molar-refractivity contribution in [1.82, 2.24) is 9.47 Å². The highest BCUT2D eigenvalue weighted by molar-refractivity contribution is 5.98. The van der Waals surface area contributed by atoms with Crippen molar-refractivity contribution >= 4 is 17.8 Å². The Morgan fingerprint density at radius 2 is 1.61 bits per heavy atom. The molecule has 2 aromatic carbocycles. The van der Waals surface area contributed by atoms with Crippen molar-refractivity contribution in [3.05, 3.63) is 88.2 Å². The van der Waals surface area contributed by atoms with Crippen LogP contribution in [0.1, 0.15) is 66.8 Å². The Balaban J connectivity index is 1.64.